The maximum absolute atomic E-state index is 13.4. The zero-order valence-corrected chi connectivity index (χ0v) is 26.1. The minimum atomic E-state index is -0.558. The van der Waals surface area contributed by atoms with Crippen LogP contribution in [-0.4, -0.2) is 68.8 Å². The second kappa shape index (κ2) is 13.8. The van der Waals surface area contributed by atoms with Gasteiger partial charge in [0, 0.05) is 47.4 Å². The van der Waals surface area contributed by atoms with Crippen LogP contribution in [0.15, 0.2) is 73.1 Å². The van der Waals surface area contributed by atoms with Crippen LogP contribution in [0.25, 0.3) is 22.5 Å². The summed E-state index contributed by atoms with van der Waals surface area (Å²) < 4.78 is 26.8. The molecule has 0 bridgehead atoms. The highest BCUT2D eigenvalue weighted by Crippen LogP contribution is 2.46. The van der Waals surface area contributed by atoms with E-state index in [0.29, 0.717) is 22.5 Å². The van der Waals surface area contributed by atoms with Crippen molar-refractivity contribution in [2.45, 2.75) is 44.2 Å². The van der Waals surface area contributed by atoms with E-state index in [1.165, 1.54) is 34.1 Å². The summed E-state index contributed by atoms with van der Waals surface area (Å²) in [4.78, 5) is 58.2. The topological polar surface area (TPSA) is 172 Å². The number of aromatic nitrogens is 2. The zero-order valence-electron chi connectivity index (χ0n) is 26.1. The molecule has 8 rings (SSSR count). The Morgan fingerprint density at radius 3 is 1.37 bits per heavy atom. The molecule has 4 aliphatic rings. The van der Waals surface area contributed by atoms with Crippen molar-refractivity contribution in [3.05, 3.63) is 107 Å². The number of halogens is 2. The van der Waals surface area contributed by atoms with E-state index >= 15 is 0 Å². The fourth-order valence-electron chi connectivity index (χ4n) is 6.32. The van der Waals surface area contributed by atoms with Gasteiger partial charge in [-0.15, -0.1) is 0 Å². The lowest BCUT2D eigenvalue weighted by molar-refractivity contribution is -0.126. The summed E-state index contributed by atoms with van der Waals surface area (Å²) in [5.74, 6) is -1.32. The number of rotatable bonds is 6. The van der Waals surface area contributed by atoms with Crippen LogP contribution in [0.5, 0.6) is 0 Å². The van der Waals surface area contributed by atoms with Gasteiger partial charge in [-0.25, -0.2) is 18.4 Å². The summed E-state index contributed by atoms with van der Waals surface area (Å²) in [5, 5.41) is 22.9. The molecule has 256 valence electrons. The smallest absolute Gasteiger partial charge is 0.324 e. The summed E-state index contributed by atoms with van der Waals surface area (Å²) in [6, 6.07) is 18.7. The van der Waals surface area contributed by atoms with Gasteiger partial charge in [0.2, 0.25) is 11.8 Å². The van der Waals surface area contributed by atoms with Crippen molar-refractivity contribution < 1.29 is 28.0 Å². The van der Waals surface area contributed by atoms with E-state index in [2.05, 4.69) is 20.6 Å². The summed E-state index contributed by atoms with van der Waals surface area (Å²) in [6.07, 6.45) is 4.87. The average molecular weight is 689 g/mol. The molecule has 4 heterocycles. The van der Waals surface area contributed by atoms with E-state index in [1.54, 1.807) is 36.7 Å². The van der Waals surface area contributed by atoms with E-state index in [0.717, 1.165) is 24.0 Å². The number of nitrogens with zero attached hydrogens (tertiary/aromatic N) is 6. The fourth-order valence-corrected chi connectivity index (χ4v) is 6.32. The highest BCUT2D eigenvalue weighted by Gasteiger charge is 2.50. The van der Waals surface area contributed by atoms with Gasteiger partial charge in [0.05, 0.1) is 35.6 Å². The largest absolute Gasteiger partial charge is 0.329 e. The minimum absolute atomic E-state index is 0. The molecule has 0 radical (unpaired) electrons. The van der Waals surface area contributed by atoms with E-state index in [9.17, 15) is 28.0 Å². The number of urea groups is 2. The molecule has 4 aromatic rings. The summed E-state index contributed by atoms with van der Waals surface area (Å²) in [5.41, 5.74) is 4.43. The first-order chi connectivity index (χ1) is 24.2. The van der Waals surface area contributed by atoms with Crippen LogP contribution < -0.4 is 10.6 Å². The van der Waals surface area contributed by atoms with Crippen molar-refractivity contribution in [1.29, 1.82) is 10.5 Å². The van der Waals surface area contributed by atoms with Crippen molar-refractivity contribution >= 4 is 23.9 Å². The number of nitrogens with one attached hydrogen (secondary N) is 2. The lowest BCUT2D eigenvalue weighted by Crippen LogP contribution is -2.33. The molecule has 14 heteroatoms. The van der Waals surface area contributed by atoms with Crippen LogP contribution in [0.2, 0.25) is 0 Å². The van der Waals surface area contributed by atoms with Crippen LogP contribution in [0, 0.1) is 34.3 Å². The minimum Gasteiger partial charge on any atom is -0.329 e. The van der Waals surface area contributed by atoms with Gasteiger partial charge in [0.15, 0.2) is 0 Å². The molecule has 4 fully saturated rings. The SMILES string of the molecule is C.N#Cc1cc(-c2ccc([C@@H]3C[C@H]3N3C(=O)CNC3=O)cn2)ccc1F.N#Cc1cc(-c2ccc([C@H]3C[C@@H]3N3C(=O)CNC3=O)cn2)ccc1F. The van der Waals surface area contributed by atoms with Crippen molar-refractivity contribution in [2.24, 2.45) is 0 Å². The molecule has 51 heavy (non-hydrogen) atoms. The Morgan fingerprint density at radius 2 is 1.06 bits per heavy atom. The Bertz CT molecular complexity index is 1960. The number of hydrogen-bond acceptors (Lipinski definition) is 8. The summed E-state index contributed by atoms with van der Waals surface area (Å²) >= 11 is 0. The fraction of sp³-hybridized carbons (Fsp3) is 0.243. The Kier molecular flexibility index (Phi) is 9.26. The third-order valence-electron chi connectivity index (χ3n) is 9.13. The van der Waals surface area contributed by atoms with Gasteiger partial charge in [-0.05, 0) is 72.5 Å². The number of benzene rings is 2. The monoisotopic (exact) mass is 688 g/mol. The predicted molar refractivity (Wildman–Crippen MR) is 178 cm³/mol. The molecule has 2 aromatic carbocycles. The van der Waals surface area contributed by atoms with E-state index in [1.807, 2.05) is 24.3 Å². The van der Waals surface area contributed by atoms with Crippen molar-refractivity contribution in [3.63, 3.8) is 0 Å². The second-order valence-corrected chi connectivity index (χ2v) is 12.2. The van der Waals surface area contributed by atoms with Crippen LogP contribution in [0.4, 0.5) is 18.4 Å². The Labute approximate surface area is 291 Å². The molecule has 0 spiro atoms. The Hall–Kier alpha value is -6.54. The van der Waals surface area contributed by atoms with Gasteiger partial charge in [-0.3, -0.25) is 29.4 Å². The van der Waals surface area contributed by atoms with Crippen LogP contribution in [0.3, 0.4) is 0 Å². The molecule has 2 aliphatic heterocycles. The quantitative estimate of drug-likeness (QED) is 0.267. The normalized spacial score (nSPS) is 21.4. The van der Waals surface area contributed by atoms with Gasteiger partial charge >= 0.3 is 12.1 Å². The molecular weight excluding hydrogens is 658 g/mol. The lowest BCUT2D eigenvalue weighted by Gasteiger charge is -2.12. The highest BCUT2D eigenvalue weighted by molar-refractivity contribution is 6.03. The van der Waals surface area contributed by atoms with Crippen molar-refractivity contribution in [1.82, 2.24) is 30.4 Å². The molecule has 2 aromatic heterocycles. The van der Waals surface area contributed by atoms with Gasteiger partial charge < -0.3 is 10.6 Å². The molecule has 12 nitrogen and oxygen atoms in total. The molecule has 2 saturated heterocycles. The molecule has 2 saturated carbocycles. The predicted octanol–water partition coefficient (Wildman–Crippen LogP) is 4.97. The maximum atomic E-state index is 13.4. The van der Waals surface area contributed by atoms with E-state index < -0.39 is 11.6 Å². The van der Waals surface area contributed by atoms with Gasteiger partial charge in [0.1, 0.15) is 23.8 Å². The van der Waals surface area contributed by atoms with Crippen LogP contribution >= 0.6 is 0 Å². The number of carbonyl (C=O) groups excluding carboxylic acids is 4. The van der Waals surface area contributed by atoms with Crippen molar-refractivity contribution in [2.75, 3.05) is 13.1 Å². The first-order valence-electron chi connectivity index (χ1n) is 15.7. The van der Waals surface area contributed by atoms with Gasteiger partial charge in [0.25, 0.3) is 0 Å². The molecule has 2 N–H and O–H groups in total. The van der Waals surface area contributed by atoms with Crippen LogP contribution in [-0.2, 0) is 9.59 Å². The average Bonchev–Trinajstić information content (AvgIpc) is 4.04. The zero-order chi connectivity index (χ0) is 35.1. The third kappa shape index (κ3) is 6.72. The first kappa shape index (κ1) is 34.3. The lowest BCUT2D eigenvalue weighted by atomic mass is 10.1. The van der Waals surface area contributed by atoms with Crippen LogP contribution in [0.1, 0.15) is 54.4 Å². The standard InChI is InChI=1S/2C18H13FN4O2.CH4/c2*19-14-3-1-10(5-12(14)7-20)15-4-2-11(8-21-15)13-6-16(13)23-17(24)9-22-18(23)25;/h2*1-5,8,13,16H,6,9H2,(H,22,25);1H4/t2*13-,16+;/m10./s1. The molecule has 2 aliphatic carbocycles. The van der Waals surface area contributed by atoms with Crippen molar-refractivity contribution in [3.8, 4) is 34.7 Å². The first-order valence-corrected chi connectivity index (χ1v) is 15.7. The number of amides is 6. The van der Waals surface area contributed by atoms with Gasteiger partial charge in [-0.2, -0.15) is 10.5 Å². The number of imide groups is 2. The molecule has 6 amide bonds. The number of nitriles is 2. The van der Waals surface area contributed by atoms with E-state index in [4.69, 9.17) is 10.5 Å². The molecule has 0 unspecified atom stereocenters. The Morgan fingerprint density at radius 1 is 0.647 bits per heavy atom. The number of pyridine rings is 2. The van der Waals surface area contributed by atoms with Gasteiger partial charge in [-0.1, -0.05) is 19.6 Å². The Balaban J connectivity index is 0.000000172. The maximum Gasteiger partial charge on any atom is 0.324 e. The summed E-state index contributed by atoms with van der Waals surface area (Å²) in [7, 11) is 0. The third-order valence-corrected chi connectivity index (χ3v) is 9.13. The second-order valence-electron chi connectivity index (χ2n) is 12.2. The molecular formula is C37H30F2N8O4. The highest BCUT2D eigenvalue weighted by atomic mass is 19.1. The number of carbonyl (C=O) groups is 4. The number of hydrogen-bond donors (Lipinski definition) is 2. The van der Waals surface area contributed by atoms with E-state index in [-0.39, 0.29) is 79.4 Å². The summed E-state index contributed by atoms with van der Waals surface area (Å²) in [6.45, 7) is 0.121. The molecule has 4 atom stereocenters.